The molecule has 6 rings (SSSR count). The van der Waals surface area contributed by atoms with Gasteiger partial charge in [0.25, 0.3) is 5.91 Å². The first-order valence-electron chi connectivity index (χ1n) is 12.3. The van der Waals surface area contributed by atoms with E-state index < -0.39 is 66.3 Å². The second kappa shape index (κ2) is 7.85. The molecule has 0 bridgehead atoms. The summed E-state index contributed by atoms with van der Waals surface area (Å²) in [5.41, 5.74) is -0.510. The van der Waals surface area contributed by atoms with E-state index in [1.807, 2.05) is 0 Å². The number of aromatic hydroxyl groups is 1. The number of halogens is 2. The van der Waals surface area contributed by atoms with Crippen molar-refractivity contribution in [2.24, 2.45) is 0 Å². The van der Waals surface area contributed by atoms with Gasteiger partial charge in [0.1, 0.15) is 6.17 Å². The van der Waals surface area contributed by atoms with Crippen molar-refractivity contribution in [3.05, 3.63) is 92.9 Å². The molecule has 3 aliphatic heterocycles. The lowest BCUT2D eigenvalue weighted by molar-refractivity contribution is -0.0197. The van der Waals surface area contributed by atoms with Gasteiger partial charge in [0.05, 0.1) is 24.7 Å². The van der Waals surface area contributed by atoms with Crippen molar-refractivity contribution in [3.63, 3.8) is 0 Å². The maximum absolute atomic E-state index is 15.2. The number of carbonyl (C=O) groups is 1. The Bertz CT molecular complexity index is 1570. The summed E-state index contributed by atoms with van der Waals surface area (Å²) < 4.78 is 69.2. The SMILES string of the molecule is [2H]C1([2H])OC[C@H]2N([C@@H]3c4ccccc4SCc4c3ccc(F)c4F)n3ccc(=O)c(O)c3C(=O)N2C1([2H])[2H]. The van der Waals surface area contributed by atoms with Crippen LogP contribution in [0.1, 0.15) is 38.7 Å². The molecule has 10 heteroatoms. The van der Waals surface area contributed by atoms with E-state index in [0.717, 1.165) is 12.1 Å². The second-order valence-corrected chi connectivity index (χ2v) is 8.96. The summed E-state index contributed by atoms with van der Waals surface area (Å²) in [7, 11) is 0. The molecule has 2 aromatic carbocycles. The zero-order chi connectivity index (χ0) is 27.1. The Hall–Kier alpha value is -3.37. The first kappa shape index (κ1) is 17.1. The zero-order valence-corrected chi connectivity index (χ0v) is 18.2. The average Bonchev–Trinajstić information content (AvgIpc) is 3.03. The number of carbonyl (C=O) groups excluding carboxylic acids is 1. The van der Waals surface area contributed by atoms with Gasteiger partial charge >= 0.3 is 0 Å². The van der Waals surface area contributed by atoms with Crippen molar-refractivity contribution in [1.29, 1.82) is 0 Å². The van der Waals surface area contributed by atoms with Crippen LogP contribution in [0.3, 0.4) is 0 Å². The van der Waals surface area contributed by atoms with Gasteiger partial charge in [-0.05, 0) is 23.3 Å². The third-order valence-electron chi connectivity index (χ3n) is 6.18. The number of fused-ring (bicyclic) bond motifs is 4. The van der Waals surface area contributed by atoms with Crippen LogP contribution in [0.2, 0.25) is 0 Å². The Kier molecular flexibility index (Phi) is 3.95. The van der Waals surface area contributed by atoms with Crippen molar-refractivity contribution >= 4 is 17.7 Å². The van der Waals surface area contributed by atoms with E-state index in [1.54, 1.807) is 24.3 Å². The molecule has 7 nitrogen and oxygen atoms in total. The third kappa shape index (κ3) is 2.98. The van der Waals surface area contributed by atoms with Crippen LogP contribution in [0, 0.1) is 11.6 Å². The minimum atomic E-state index is -3.04. The summed E-state index contributed by atoms with van der Waals surface area (Å²) in [6.07, 6.45) is -0.0797. The standard InChI is InChI=1S/C24H19F2N3O4S/c25-16-6-5-13-15(20(16)26)12-34-18-4-2-1-3-14(18)21(13)29-19-11-33-10-9-27(19)24(32)22-23(31)17(30)7-8-28(22)29/h1-8,19,21,31H,9-12H2/t19-,21+/m1/s1/i9D2,10D2. The number of thioether (sulfide) groups is 1. The lowest BCUT2D eigenvalue weighted by Crippen LogP contribution is -2.66. The quantitative estimate of drug-likeness (QED) is 0.569. The molecule has 1 fully saturated rings. The Morgan fingerprint density at radius 1 is 1.12 bits per heavy atom. The summed E-state index contributed by atoms with van der Waals surface area (Å²) in [5, 5.41) is 12.1. The molecule has 3 aliphatic rings. The molecule has 3 aromatic rings. The maximum atomic E-state index is 15.2. The molecule has 174 valence electrons. The number of aromatic nitrogens is 1. The van der Waals surface area contributed by atoms with Gasteiger partial charge in [-0.3, -0.25) is 19.3 Å². The fourth-order valence-electron chi connectivity index (χ4n) is 4.64. The lowest BCUT2D eigenvalue weighted by atomic mass is 9.93. The molecular weight excluding hydrogens is 464 g/mol. The van der Waals surface area contributed by atoms with Gasteiger partial charge < -0.3 is 14.7 Å². The largest absolute Gasteiger partial charge is 0.502 e. The van der Waals surface area contributed by atoms with Crippen LogP contribution in [-0.4, -0.2) is 46.4 Å². The van der Waals surface area contributed by atoms with Crippen molar-refractivity contribution in [2.75, 3.05) is 24.7 Å². The number of pyridine rings is 1. The highest BCUT2D eigenvalue weighted by Crippen LogP contribution is 2.45. The monoisotopic (exact) mass is 487 g/mol. The van der Waals surface area contributed by atoms with Crippen molar-refractivity contribution in [2.45, 2.75) is 22.9 Å². The maximum Gasteiger partial charge on any atom is 0.278 e. The normalized spacial score (nSPS) is 26.0. The Morgan fingerprint density at radius 2 is 1.94 bits per heavy atom. The van der Waals surface area contributed by atoms with Crippen molar-refractivity contribution in [3.8, 4) is 5.75 Å². The molecule has 4 heterocycles. The van der Waals surface area contributed by atoms with Gasteiger partial charge in [0.2, 0.25) is 5.43 Å². The van der Waals surface area contributed by atoms with Gasteiger partial charge in [-0.1, -0.05) is 24.3 Å². The predicted octanol–water partition coefficient (Wildman–Crippen LogP) is 2.98. The van der Waals surface area contributed by atoms with Gasteiger partial charge in [-0.2, -0.15) is 0 Å². The second-order valence-electron chi connectivity index (χ2n) is 7.94. The van der Waals surface area contributed by atoms with Crippen molar-refractivity contribution < 1.29 is 28.9 Å². The van der Waals surface area contributed by atoms with Crippen LogP contribution < -0.4 is 10.4 Å². The van der Waals surface area contributed by atoms with Gasteiger partial charge in [0.15, 0.2) is 23.1 Å². The molecule has 2 atom stereocenters. The molecule has 1 amide bonds. The summed E-state index contributed by atoms with van der Waals surface area (Å²) in [5.74, 6) is -4.09. The highest BCUT2D eigenvalue weighted by molar-refractivity contribution is 7.98. The van der Waals surface area contributed by atoms with E-state index in [0.29, 0.717) is 20.9 Å². The van der Waals surface area contributed by atoms with Crippen LogP contribution in [0.15, 0.2) is 58.4 Å². The molecule has 1 aromatic heterocycles. The van der Waals surface area contributed by atoms with E-state index in [9.17, 15) is 19.1 Å². The summed E-state index contributed by atoms with van der Waals surface area (Å²) in [6.45, 7) is -6.47. The van der Waals surface area contributed by atoms with Crippen LogP contribution in [-0.2, 0) is 10.5 Å². The first-order chi connectivity index (χ1) is 18.0. The molecular formula is C24H19F2N3O4S. The molecule has 0 spiro atoms. The number of nitrogens with zero attached hydrogens (tertiary/aromatic N) is 3. The highest BCUT2D eigenvalue weighted by Gasteiger charge is 2.46. The third-order valence-corrected chi connectivity index (χ3v) is 7.29. The minimum absolute atomic E-state index is 0.0570. The summed E-state index contributed by atoms with van der Waals surface area (Å²) >= 11 is 1.27. The van der Waals surface area contributed by atoms with Gasteiger partial charge in [-0.25, -0.2) is 8.78 Å². The zero-order valence-electron chi connectivity index (χ0n) is 21.4. The van der Waals surface area contributed by atoms with E-state index in [4.69, 9.17) is 10.2 Å². The van der Waals surface area contributed by atoms with E-state index in [2.05, 4.69) is 0 Å². The van der Waals surface area contributed by atoms with E-state index >= 15 is 4.39 Å². The minimum Gasteiger partial charge on any atom is -0.502 e. The Morgan fingerprint density at radius 3 is 2.79 bits per heavy atom. The number of morpholine rings is 1. The number of benzene rings is 2. The molecule has 1 N–H and O–H groups in total. The molecule has 0 saturated carbocycles. The highest BCUT2D eigenvalue weighted by atomic mass is 32.2. The average molecular weight is 488 g/mol. The number of amides is 1. The van der Waals surface area contributed by atoms with E-state index in [1.165, 1.54) is 33.7 Å². The van der Waals surface area contributed by atoms with Crippen LogP contribution >= 0.6 is 11.8 Å². The van der Waals surface area contributed by atoms with Crippen molar-refractivity contribution in [1.82, 2.24) is 9.58 Å². The molecule has 34 heavy (non-hydrogen) atoms. The Labute approximate surface area is 202 Å². The van der Waals surface area contributed by atoms with Crippen LogP contribution in [0.25, 0.3) is 0 Å². The molecule has 0 aliphatic carbocycles. The topological polar surface area (TPSA) is 75.0 Å². The van der Waals surface area contributed by atoms with Gasteiger partial charge in [0, 0.05) is 35.0 Å². The molecule has 1 saturated heterocycles. The lowest BCUT2D eigenvalue weighted by Gasteiger charge is -2.51. The molecule has 0 radical (unpaired) electrons. The first-order valence-corrected chi connectivity index (χ1v) is 11.3. The number of ether oxygens (including phenoxy) is 1. The smallest absolute Gasteiger partial charge is 0.278 e. The van der Waals surface area contributed by atoms with E-state index in [-0.39, 0.29) is 11.3 Å². The van der Waals surface area contributed by atoms with Crippen LogP contribution in [0.5, 0.6) is 5.75 Å². The summed E-state index contributed by atoms with van der Waals surface area (Å²) in [6, 6.07) is 9.47. The Balaban J connectivity index is 1.69. The van der Waals surface area contributed by atoms with Gasteiger partial charge in [-0.15, -0.1) is 11.8 Å². The number of rotatable bonds is 1. The van der Waals surface area contributed by atoms with Crippen LogP contribution in [0.4, 0.5) is 8.78 Å². The number of hydrogen-bond donors (Lipinski definition) is 1. The predicted molar refractivity (Wildman–Crippen MR) is 120 cm³/mol. The number of hydrogen-bond acceptors (Lipinski definition) is 6. The summed E-state index contributed by atoms with van der Waals surface area (Å²) in [4.78, 5) is 27.3. The fraction of sp³-hybridized carbons (Fsp3) is 0.250. The fourth-order valence-corrected chi connectivity index (χ4v) is 5.76. The molecule has 0 unspecified atom stereocenters.